The minimum Gasteiger partial charge on any atom is -0.478 e. The molecule has 2 aromatic carbocycles. The lowest BCUT2D eigenvalue weighted by Crippen LogP contribution is -1.94. The summed E-state index contributed by atoms with van der Waals surface area (Å²) >= 11 is 16.3. The van der Waals surface area contributed by atoms with Crippen LogP contribution >= 0.6 is 47.6 Å². The molecule has 122 valence electrons. The van der Waals surface area contributed by atoms with Gasteiger partial charge in [0.2, 0.25) is 0 Å². The third-order valence-electron chi connectivity index (χ3n) is 2.44. The van der Waals surface area contributed by atoms with Crippen LogP contribution in [-0.4, -0.2) is 26.3 Å². The summed E-state index contributed by atoms with van der Waals surface area (Å²) < 4.78 is -0.532. The molecule has 8 heteroatoms. The van der Waals surface area contributed by atoms with E-state index in [1.165, 1.54) is 36.0 Å². The Balaban J connectivity index is 0.000000238. The van der Waals surface area contributed by atoms with Gasteiger partial charge in [-0.15, -0.1) is 12.6 Å². The van der Waals surface area contributed by atoms with Crippen LogP contribution < -0.4 is 0 Å². The van der Waals surface area contributed by atoms with Crippen LogP contribution in [0.3, 0.4) is 0 Å². The molecule has 0 amide bonds. The SMILES string of the molecule is O=C(O)c1ccc(S)cc1.O=C(O)c1ccc(SC(Cl)Cl)cc1. The number of benzene rings is 2. The van der Waals surface area contributed by atoms with Gasteiger partial charge < -0.3 is 10.2 Å². The van der Waals surface area contributed by atoms with Crippen molar-refractivity contribution in [3.8, 4) is 0 Å². The number of thiol groups is 1. The summed E-state index contributed by atoms with van der Waals surface area (Å²) in [6, 6.07) is 12.7. The third kappa shape index (κ3) is 7.65. The highest BCUT2D eigenvalue weighted by molar-refractivity contribution is 8.02. The van der Waals surface area contributed by atoms with Crippen LogP contribution in [0.4, 0.5) is 0 Å². The van der Waals surface area contributed by atoms with Crippen LogP contribution in [0.15, 0.2) is 58.3 Å². The Labute approximate surface area is 152 Å². The van der Waals surface area contributed by atoms with Gasteiger partial charge >= 0.3 is 11.9 Å². The van der Waals surface area contributed by atoms with Gasteiger partial charge in [0.15, 0.2) is 4.17 Å². The van der Waals surface area contributed by atoms with Crippen LogP contribution in [0.5, 0.6) is 0 Å². The molecule has 2 rings (SSSR count). The van der Waals surface area contributed by atoms with Gasteiger partial charge in [-0.3, -0.25) is 0 Å². The monoisotopic (exact) mass is 390 g/mol. The normalized spacial score (nSPS) is 9.91. The fourth-order valence-corrected chi connectivity index (χ4v) is 2.65. The number of alkyl halides is 2. The van der Waals surface area contributed by atoms with Crippen molar-refractivity contribution in [3.05, 3.63) is 59.7 Å². The van der Waals surface area contributed by atoms with Gasteiger partial charge in [0.1, 0.15) is 0 Å². The number of rotatable bonds is 4. The number of hydrogen-bond donors (Lipinski definition) is 3. The third-order valence-corrected chi connectivity index (χ3v) is 4.00. The first-order valence-corrected chi connectivity index (χ1v) is 8.30. The van der Waals surface area contributed by atoms with Crippen molar-refractivity contribution in [2.24, 2.45) is 0 Å². The van der Waals surface area contributed by atoms with E-state index in [2.05, 4.69) is 12.6 Å². The highest BCUT2D eigenvalue weighted by atomic mass is 35.5. The predicted molar refractivity (Wildman–Crippen MR) is 95.4 cm³/mol. The fraction of sp³-hybridized carbons (Fsp3) is 0.0667. The van der Waals surface area contributed by atoms with Crippen LogP contribution in [0.25, 0.3) is 0 Å². The van der Waals surface area contributed by atoms with Crippen molar-refractivity contribution in [2.45, 2.75) is 14.0 Å². The molecule has 0 aliphatic heterocycles. The highest BCUT2D eigenvalue weighted by Crippen LogP contribution is 2.28. The largest absolute Gasteiger partial charge is 0.478 e. The van der Waals surface area contributed by atoms with Gasteiger partial charge in [-0.2, -0.15) is 0 Å². The molecule has 0 aliphatic carbocycles. The van der Waals surface area contributed by atoms with E-state index in [1.54, 1.807) is 24.3 Å². The summed E-state index contributed by atoms with van der Waals surface area (Å²) in [6.07, 6.45) is 0. The highest BCUT2D eigenvalue weighted by Gasteiger charge is 2.04. The molecule has 0 saturated heterocycles. The van der Waals surface area contributed by atoms with Crippen molar-refractivity contribution in [1.29, 1.82) is 0 Å². The summed E-state index contributed by atoms with van der Waals surface area (Å²) in [6.45, 7) is 0. The first-order valence-electron chi connectivity index (χ1n) is 6.10. The Morgan fingerprint density at radius 1 is 0.870 bits per heavy atom. The maximum absolute atomic E-state index is 10.5. The summed E-state index contributed by atoms with van der Waals surface area (Å²) in [4.78, 5) is 22.4. The Hall–Kier alpha value is -1.34. The minimum atomic E-state index is -0.940. The van der Waals surface area contributed by atoms with E-state index in [1.807, 2.05) is 0 Å². The van der Waals surface area contributed by atoms with Crippen molar-refractivity contribution in [2.75, 3.05) is 0 Å². The molecule has 0 spiro atoms. The number of halogens is 2. The number of carbonyl (C=O) groups is 2. The van der Waals surface area contributed by atoms with Crippen LogP contribution in [0.1, 0.15) is 20.7 Å². The standard InChI is InChI=1S/C8H6Cl2O2S.C7H6O2S/c9-8(10)13-6-3-1-5(2-4-6)7(11)12;8-7(9)5-1-3-6(10)4-2-5/h1-4,8H,(H,11,12);1-4,10H,(H,8,9). The second kappa shape index (κ2) is 9.72. The molecular weight excluding hydrogens is 379 g/mol. The molecule has 0 atom stereocenters. The lowest BCUT2D eigenvalue weighted by atomic mass is 10.2. The molecule has 0 aliphatic rings. The van der Waals surface area contributed by atoms with Crippen molar-refractivity contribution in [1.82, 2.24) is 0 Å². The first kappa shape index (κ1) is 19.7. The molecule has 0 bridgehead atoms. The second-order valence-electron chi connectivity index (χ2n) is 4.06. The predicted octanol–water partition coefficient (Wildman–Crippen LogP) is 4.91. The van der Waals surface area contributed by atoms with Gasteiger partial charge in [0, 0.05) is 9.79 Å². The maximum Gasteiger partial charge on any atom is 0.335 e. The minimum absolute atomic E-state index is 0.255. The average Bonchev–Trinajstić information content (AvgIpc) is 2.48. The van der Waals surface area contributed by atoms with Crippen LogP contribution in [0, 0.1) is 0 Å². The van der Waals surface area contributed by atoms with Crippen LogP contribution in [0.2, 0.25) is 0 Å². The fourth-order valence-electron chi connectivity index (χ4n) is 1.38. The van der Waals surface area contributed by atoms with Crippen molar-refractivity contribution in [3.63, 3.8) is 0 Å². The molecule has 0 unspecified atom stereocenters. The molecule has 0 radical (unpaired) electrons. The topological polar surface area (TPSA) is 74.6 Å². The zero-order valence-corrected chi connectivity index (χ0v) is 14.7. The van der Waals surface area contributed by atoms with Gasteiger partial charge in [-0.05, 0) is 48.5 Å². The number of hydrogen-bond acceptors (Lipinski definition) is 4. The molecule has 0 aromatic heterocycles. The maximum atomic E-state index is 10.5. The van der Waals surface area contributed by atoms with E-state index in [4.69, 9.17) is 33.4 Å². The van der Waals surface area contributed by atoms with Gasteiger partial charge in [-0.25, -0.2) is 9.59 Å². The number of aromatic carboxylic acids is 2. The summed E-state index contributed by atoms with van der Waals surface area (Å²) in [5.74, 6) is -1.85. The molecule has 0 saturated carbocycles. The lowest BCUT2D eigenvalue weighted by Gasteiger charge is -2.01. The van der Waals surface area contributed by atoms with E-state index < -0.39 is 16.1 Å². The van der Waals surface area contributed by atoms with Crippen molar-refractivity contribution < 1.29 is 19.8 Å². The lowest BCUT2D eigenvalue weighted by molar-refractivity contribution is 0.0686. The zero-order valence-electron chi connectivity index (χ0n) is 11.5. The summed E-state index contributed by atoms with van der Waals surface area (Å²) in [7, 11) is 0. The van der Waals surface area contributed by atoms with Crippen LogP contribution in [-0.2, 0) is 0 Å². The molecule has 4 nitrogen and oxygen atoms in total. The number of carboxylic acid groups (broad SMARTS) is 2. The quantitative estimate of drug-likeness (QED) is 0.392. The van der Waals surface area contributed by atoms with E-state index in [9.17, 15) is 9.59 Å². The summed E-state index contributed by atoms with van der Waals surface area (Å²) in [5, 5.41) is 17.0. The van der Waals surface area contributed by atoms with E-state index in [-0.39, 0.29) is 11.1 Å². The molecular formula is C15H12Cl2O4S2. The van der Waals surface area contributed by atoms with E-state index in [0.717, 1.165) is 9.79 Å². The second-order valence-corrected chi connectivity index (χ2v) is 7.37. The van der Waals surface area contributed by atoms with Gasteiger partial charge in [0.25, 0.3) is 0 Å². The Morgan fingerprint density at radius 2 is 1.26 bits per heavy atom. The molecule has 0 heterocycles. The summed E-state index contributed by atoms with van der Waals surface area (Å²) in [5.41, 5.74) is 0.544. The van der Waals surface area contributed by atoms with E-state index in [0.29, 0.717) is 0 Å². The average molecular weight is 391 g/mol. The Kier molecular flexibility index (Phi) is 8.33. The van der Waals surface area contributed by atoms with E-state index >= 15 is 0 Å². The van der Waals surface area contributed by atoms with Crippen molar-refractivity contribution >= 4 is 59.5 Å². The smallest absolute Gasteiger partial charge is 0.335 e. The molecule has 23 heavy (non-hydrogen) atoms. The first-order chi connectivity index (χ1) is 10.8. The zero-order chi connectivity index (χ0) is 17.4. The Bertz CT molecular complexity index is 658. The van der Waals surface area contributed by atoms with Gasteiger partial charge in [-0.1, -0.05) is 35.0 Å². The number of thioether (sulfide) groups is 1. The molecule has 2 N–H and O–H groups in total. The Morgan fingerprint density at radius 3 is 1.61 bits per heavy atom. The molecule has 2 aromatic rings. The van der Waals surface area contributed by atoms with Gasteiger partial charge in [0.05, 0.1) is 11.1 Å². The number of carboxylic acids is 2. The molecule has 0 fully saturated rings.